The van der Waals surface area contributed by atoms with E-state index in [1.165, 1.54) is 4.57 Å². The van der Waals surface area contributed by atoms with E-state index in [2.05, 4.69) is 15.1 Å². The molecule has 2 N–H and O–H groups in total. The van der Waals surface area contributed by atoms with Crippen molar-refractivity contribution >= 4 is 5.69 Å². The first kappa shape index (κ1) is 12.9. The van der Waals surface area contributed by atoms with Crippen LogP contribution < -0.4 is 10.6 Å². The van der Waals surface area contributed by atoms with E-state index in [0.717, 1.165) is 30.8 Å². The lowest BCUT2D eigenvalue weighted by atomic mass is 10.1. The van der Waals surface area contributed by atoms with E-state index in [1.54, 1.807) is 7.05 Å². The van der Waals surface area contributed by atoms with Crippen molar-refractivity contribution in [2.24, 2.45) is 13.0 Å². The Morgan fingerprint density at radius 2 is 2.15 bits per heavy atom. The number of benzene rings is 1. The topological polar surface area (TPSA) is 74.2 Å². The minimum Gasteiger partial charge on any atom is -0.396 e. The summed E-state index contributed by atoms with van der Waals surface area (Å²) in [5, 5.41) is 15.6. The van der Waals surface area contributed by atoms with E-state index < -0.39 is 0 Å². The summed E-state index contributed by atoms with van der Waals surface area (Å²) in [5.41, 5.74) is 1.84. The van der Waals surface area contributed by atoms with Gasteiger partial charge in [-0.15, -0.1) is 0 Å². The van der Waals surface area contributed by atoms with E-state index in [-0.39, 0.29) is 12.3 Å². The van der Waals surface area contributed by atoms with Gasteiger partial charge in [0.1, 0.15) is 0 Å². The molecule has 1 saturated heterocycles. The first-order chi connectivity index (χ1) is 9.69. The zero-order chi connectivity index (χ0) is 14.1. The molecule has 0 spiro atoms. The van der Waals surface area contributed by atoms with Crippen LogP contribution in [0.15, 0.2) is 29.1 Å². The van der Waals surface area contributed by atoms with Gasteiger partial charge < -0.3 is 10.0 Å². The Morgan fingerprint density at radius 3 is 2.70 bits per heavy atom. The molecule has 1 aromatic heterocycles. The van der Waals surface area contributed by atoms with Crippen LogP contribution in [0.1, 0.15) is 6.42 Å². The lowest BCUT2D eigenvalue weighted by Gasteiger charge is -2.18. The van der Waals surface area contributed by atoms with Crippen molar-refractivity contribution in [2.75, 3.05) is 24.6 Å². The molecule has 1 aliphatic heterocycles. The molecule has 0 bridgehead atoms. The largest absolute Gasteiger partial charge is 0.396 e. The van der Waals surface area contributed by atoms with Crippen LogP contribution in [0.2, 0.25) is 0 Å². The molecule has 1 fully saturated rings. The number of hydrogen-bond acceptors (Lipinski definition) is 4. The third kappa shape index (κ3) is 2.22. The van der Waals surface area contributed by atoms with E-state index in [1.807, 2.05) is 24.3 Å². The second kappa shape index (κ2) is 5.13. The standard InChI is InChI=1S/C14H18N4O2/c1-17-13(15-16-14(17)20)11-2-4-12(5-3-11)18-7-6-10(8-18)9-19/h2-5,10,19H,6-9H2,1H3,(H,16,20). The van der Waals surface area contributed by atoms with Gasteiger partial charge in [-0.2, -0.15) is 5.10 Å². The highest BCUT2D eigenvalue weighted by Gasteiger charge is 2.21. The summed E-state index contributed by atoms with van der Waals surface area (Å²) in [6.45, 7) is 2.13. The maximum absolute atomic E-state index is 11.4. The molecule has 106 valence electrons. The van der Waals surface area contributed by atoms with Crippen LogP contribution in [0.5, 0.6) is 0 Å². The van der Waals surface area contributed by atoms with Crippen LogP contribution in [0.4, 0.5) is 5.69 Å². The minimum atomic E-state index is -0.214. The van der Waals surface area contributed by atoms with Gasteiger partial charge in [-0.3, -0.25) is 4.57 Å². The quantitative estimate of drug-likeness (QED) is 0.859. The summed E-state index contributed by atoms with van der Waals surface area (Å²) in [7, 11) is 1.70. The Kier molecular flexibility index (Phi) is 3.31. The number of aromatic amines is 1. The average molecular weight is 274 g/mol. The molecule has 0 amide bonds. The van der Waals surface area contributed by atoms with Gasteiger partial charge in [-0.25, -0.2) is 9.89 Å². The molecule has 1 aromatic carbocycles. The number of anilines is 1. The number of aromatic nitrogens is 3. The van der Waals surface area contributed by atoms with Gasteiger partial charge in [-0.1, -0.05) is 0 Å². The minimum absolute atomic E-state index is 0.214. The number of nitrogens with one attached hydrogen (secondary N) is 1. The first-order valence-corrected chi connectivity index (χ1v) is 6.76. The Bertz CT molecular complexity index is 644. The van der Waals surface area contributed by atoms with Crippen molar-refractivity contribution in [3.8, 4) is 11.4 Å². The van der Waals surface area contributed by atoms with Crippen molar-refractivity contribution in [1.82, 2.24) is 14.8 Å². The molecular weight excluding hydrogens is 256 g/mol. The number of rotatable bonds is 3. The molecule has 1 atom stereocenters. The molecular formula is C14H18N4O2. The lowest BCUT2D eigenvalue weighted by molar-refractivity contribution is 0.238. The molecule has 6 nitrogen and oxygen atoms in total. The van der Waals surface area contributed by atoms with Gasteiger partial charge in [0, 0.05) is 43.9 Å². The number of nitrogens with zero attached hydrogens (tertiary/aromatic N) is 3. The number of H-pyrrole nitrogens is 1. The highest BCUT2D eigenvalue weighted by molar-refractivity contribution is 5.60. The Balaban J connectivity index is 1.82. The molecule has 0 radical (unpaired) electrons. The molecule has 1 unspecified atom stereocenters. The van der Waals surface area contributed by atoms with Crippen LogP contribution >= 0.6 is 0 Å². The maximum Gasteiger partial charge on any atom is 0.343 e. The predicted octanol–water partition coefficient (Wildman–Crippen LogP) is 0.594. The van der Waals surface area contributed by atoms with Gasteiger partial charge >= 0.3 is 5.69 Å². The zero-order valence-corrected chi connectivity index (χ0v) is 11.4. The third-order valence-corrected chi connectivity index (χ3v) is 3.91. The smallest absolute Gasteiger partial charge is 0.343 e. The normalized spacial score (nSPS) is 18.7. The summed E-state index contributed by atoms with van der Waals surface area (Å²) in [5.74, 6) is 1.01. The SMILES string of the molecule is Cn1c(-c2ccc(N3CCC(CO)C3)cc2)n[nH]c1=O. The second-order valence-corrected chi connectivity index (χ2v) is 5.24. The summed E-state index contributed by atoms with van der Waals surface area (Å²) in [6.07, 6.45) is 1.03. The molecule has 0 aliphatic carbocycles. The van der Waals surface area contributed by atoms with E-state index in [4.69, 9.17) is 0 Å². The molecule has 20 heavy (non-hydrogen) atoms. The number of aliphatic hydroxyl groups is 1. The van der Waals surface area contributed by atoms with Crippen LogP contribution in [-0.2, 0) is 7.05 Å². The Morgan fingerprint density at radius 1 is 1.40 bits per heavy atom. The molecule has 0 saturated carbocycles. The van der Waals surface area contributed by atoms with Crippen LogP contribution in [0, 0.1) is 5.92 Å². The summed E-state index contributed by atoms with van der Waals surface area (Å²) in [6, 6.07) is 8.01. The van der Waals surface area contributed by atoms with Gasteiger partial charge in [0.05, 0.1) is 0 Å². The van der Waals surface area contributed by atoms with Gasteiger partial charge in [0.25, 0.3) is 0 Å². The molecule has 6 heteroatoms. The Hall–Kier alpha value is -2.08. The second-order valence-electron chi connectivity index (χ2n) is 5.24. The Labute approximate surface area is 116 Å². The van der Waals surface area contributed by atoms with Crippen molar-refractivity contribution < 1.29 is 5.11 Å². The van der Waals surface area contributed by atoms with Crippen molar-refractivity contribution in [2.45, 2.75) is 6.42 Å². The highest BCUT2D eigenvalue weighted by atomic mass is 16.3. The van der Waals surface area contributed by atoms with Crippen LogP contribution in [-0.4, -0.2) is 39.6 Å². The van der Waals surface area contributed by atoms with E-state index in [0.29, 0.717) is 11.7 Å². The van der Waals surface area contributed by atoms with E-state index in [9.17, 15) is 9.90 Å². The number of hydrogen-bond donors (Lipinski definition) is 2. The zero-order valence-electron chi connectivity index (χ0n) is 11.4. The first-order valence-electron chi connectivity index (χ1n) is 6.76. The van der Waals surface area contributed by atoms with Crippen molar-refractivity contribution in [1.29, 1.82) is 0 Å². The van der Waals surface area contributed by atoms with Crippen LogP contribution in [0.3, 0.4) is 0 Å². The molecule has 1 aliphatic rings. The summed E-state index contributed by atoms with van der Waals surface area (Å²) in [4.78, 5) is 13.6. The predicted molar refractivity (Wildman–Crippen MR) is 76.7 cm³/mol. The fraction of sp³-hybridized carbons (Fsp3) is 0.429. The van der Waals surface area contributed by atoms with Gasteiger partial charge in [0.15, 0.2) is 5.82 Å². The number of aliphatic hydroxyl groups excluding tert-OH is 1. The van der Waals surface area contributed by atoms with Crippen molar-refractivity contribution in [3.05, 3.63) is 34.7 Å². The third-order valence-electron chi connectivity index (χ3n) is 3.91. The summed E-state index contributed by atoms with van der Waals surface area (Å²) >= 11 is 0. The van der Waals surface area contributed by atoms with E-state index >= 15 is 0 Å². The lowest BCUT2D eigenvalue weighted by Crippen LogP contribution is -2.20. The molecule has 2 heterocycles. The fourth-order valence-electron chi connectivity index (χ4n) is 2.64. The van der Waals surface area contributed by atoms with Crippen molar-refractivity contribution in [3.63, 3.8) is 0 Å². The summed E-state index contributed by atoms with van der Waals surface area (Å²) < 4.78 is 1.49. The average Bonchev–Trinajstić information content (AvgIpc) is 3.08. The molecule has 3 rings (SSSR count). The van der Waals surface area contributed by atoms with Gasteiger partial charge in [0.2, 0.25) is 0 Å². The highest BCUT2D eigenvalue weighted by Crippen LogP contribution is 2.25. The van der Waals surface area contributed by atoms with Gasteiger partial charge in [-0.05, 0) is 30.7 Å². The fourth-order valence-corrected chi connectivity index (χ4v) is 2.64. The maximum atomic E-state index is 11.4. The molecule has 2 aromatic rings. The van der Waals surface area contributed by atoms with Crippen LogP contribution in [0.25, 0.3) is 11.4 Å². The monoisotopic (exact) mass is 274 g/mol.